The molecule has 2 atom stereocenters. The predicted molar refractivity (Wildman–Crippen MR) is 77.0 cm³/mol. The molecule has 0 aliphatic carbocycles. The van der Waals surface area contributed by atoms with Gasteiger partial charge in [0.1, 0.15) is 6.04 Å². The summed E-state index contributed by atoms with van der Waals surface area (Å²) in [5, 5.41) is 9.93. The Morgan fingerprint density at radius 3 is 1.86 bits per heavy atom. The maximum atomic E-state index is 12.4. The van der Waals surface area contributed by atoms with E-state index in [0.29, 0.717) is 0 Å². The van der Waals surface area contributed by atoms with Crippen molar-refractivity contribution in [3.8, 4) is 17.2 Å². The molecule has 0 fully saturated rings. The number of aliphatic hydroxyl groups excluding tert-OH is 1. The quantitative estimate of drug-likeness (QED) is 0.828. The van der Waals surface area contributed by atoms with Crippen molar-refractivity contribution >= 4 is 12.4 Å². The van der Waals surface area contributed by atoms with Crippen molar-refractivity contribution in [3.05, 3.63) is 17.7 Å². The van der Waals surface area contributed by atoms with Gasteiger partial charge in [-0.1, -0.05) is 0 Å². The molecule has 3 N–H and O–H groups in total. The lowest BCUT2D eigenvalue weighted by molar-refractivity contribution is -0.153. The van der Waals surface area contributed by atoms with Gasteiger partial charge in [0.2, 0.25) is 5.75 Å². The van der Waals surface area contributed by atoms with E-state index < -0.39 is 24.7 Å². The van der Waals surface area contributed by atoms with E-state index in [2.05, 4.69) is 0 Å². The van der Waals surface area contributed by atoms with Crippen molar-refractivity contribution in [2.24, 2.45) is 5.73 Å². The summed E-state index contributed by atoms with van der Waals surface area (Å²) in [4.78, 5) is 0. The Morgan fingerprint density at radius 2 is 1.55 bits per heavy atom. The zero-order chi connectivity index (χ0) is 16.2. The second-order valence-electron chi connectivity index (χ2n) is 4.36. The van der Waals surface area contributed by atoms with E-state index in [1.165, 1.54) is 33.5 Å². The molecule has 0 saturated carbocycles. The van der Waals surface area contributed by atoms with Gasteiger partial charge in [0.25, 0.3) is 0 Å². The van der Waals surface area contributed by atoms with E-state index in [1.54, 1.807) is 0 Å². The van der Waals surface area contributed by atoms with Gasteiger partial charge in [0, 0.05) is 6.42 Å². The lowest BCUT2D eigenvalue weighted by atomic mass is 10.0. The van der Waals surface area contributed by atoms with Gasteiger partial charge in [-0.2, -0.15) is 13.2 Å². The number of aliphatic hydroxyl groups is 1. The zero-order valence-corrected chi connectivity index (χ0v) is 13.1. The summed E-state index contributed by atoms with van der Waals surface area (Å²) >= 11 is 0. The van der Waals surface area contributed by atoms with Crippen LogP contribution in [-0.2, 0) is 0 Å². The van der Waals surface area contributed by atoms with Crippen molar-refractivity contribution in [1.29, 1.82) is 0 Å². The van der Waals surface area contributed by atoms with Crippen LogP contribution in [0.1, 0.15) is 18.1 Å². The summed E-state index contributed by atoms with van der Waals surface area (Å²) in [6.07, 6.45) is -6.64. The fraction of sp³-hybridized carbons (Fsp3) is 0.538. The predicted octanol–water partition coefficient (Wildman–Crippen LogP) is 2.45. The van der Waals surface area contributed by atoms with Crippen LogP contribution in [0.5, 0.6) is 17.2 Å². The van der Waals surface area contributed by atoms with Gasteiger partial charge in [-0.15, -0.1) is 12.4 Å². The molecular formula is C13H19ClF3NO4. The summed E-state index contributed by atoms with van der Waals surface area (Å²) < 4.78 is 52.5. The van der Waals surface area contributed by atoms with Crippen LogP contribution in [0.4, 0.5) is 13.2 Å². The number of hydrogen-bond acceptors (Lipinski definition) is 5. The molecule has 0 spiro atoms. The minimum Gasteiger partial charge on any atom is -0.493 e. The molecule has 0 aliphatic rings. The van der Waals surface area contributed by atoms with Crippen LogP contribution in [0, 0.1) is 0 Å². The minimum atomic E-state index is -4.57. The molecule has 0 unspecified atom stereocenters. The number of nitrogens with two attached hydrogens (primary N) is 1. The second kappa shape index (κ2) is 8.30. The SMILES string of the molecule is COc1cc([C@@H](O)C[C@@H](N)C(F)(F)F)cc(OC)c1OC.Cl. The average molecular weight is 346 g/mol. The van der Waals surface area contributed by atoms with E-state index in [4.69, 9.17) is 19.9 Å². The largest absolute Gasteiger partial charge is 0.493 e. The van der Waals surface area contributed by atoms with Gasteiger partial charge in [0.15, 0.2) is 11.5 Å². The number of halogens is 4. The van der Waals surface area contributed by atoms with Gasteiger partial charge in [-0.25, -0.2) is 0 Å². The summed E-state index contributed by atoms with van der Waals surface area (Å²) in [5.74, 6) is 0.772. The maximum absolute atomic E-state index is 12.4. The first-order valence-electron chi connectivity index (χ1n) is 6.04. The first-order chi connectivity index (χ1) is 9.74. The van der Waals surface area contributed by atoms with Gasteiger partial charge >= 0.3 is 6.18 Å². The smallest absolute Gasteiger partial charge is 0.403 e. The molecule has 22 heavy (non-hydrogen) atoms. The Hall–Kier alpha value is -1.38. The third-order valence-electron chi connectivity index (χ3n) is 2.97. The van der Waals surface area contributed by atoms with Crippen LogP contribution in [-0.4, -0.2) is 38.7 Å². The third kappa shape index (κ3) is 4.82. The molecule has 0 amide bonds. The monoisotopic (exact) mass is 345 g/mol. The Labute approximate surface area is 132 Å². The zero-order valence-electron chi connectivity index (χ0n) is 12.3. The topological polar surface area (TPSA) is 73.9 Å². The van der Waals surface area contributed by atoms with E-state index in [0.717, 1.165) is 0 Å². The van der Waals surface area contributed by atoms with Gasteiger partial charge in [0.05, 0.1) is 27.4 Å². The number of hydrogen-bond donors (Lipinski definition) is 2. The fourth-order valence-corrected chi connectivity index (χ4v) is 1.80. The second-order valence-corrected chi connectivity index (χ2v) is 4.36. The first-order valence-corrected chi connectivity index (χ1v) is 6.04. The Morgan fingerprint density at radius 1 is 1.09 bits per heavy atom. The van der Waals surface area contributed by atoms with Crippen molar-refractivity contribution in [3.63, 3.8) is 0 Å². The van der Waals surface area contributed by atoms with Crippen LogP contribution in [0.2, 0.25) is 0 Å². The minimum absolute atomic E-state index is 0. The van der Waals surface area contributed by atoms with Crippen LogP contribution < -0.4 is 19.9 Å². The summed E-state index contributed by atoms with van der Waals surface area (Å²) in [5.41, 5.74) is 5.21. The van der Waals surface area contributed by atoms with Crippen molar-refractivity contribution < 1.29 is 32.5 Å². The lowest BCUT2D eigenvalue weighted by Crippen LogP contribution is -2.38. The van der Waals surface area contributed by atoms with E-state index in [9.17, 15) is 18.3 Å². The number of ether oxygens (including phenoxy) is 3. The average Bonchev–Trinajstić information content (AvgIpc) is 2.44. The van der Waals surface area contributed by atoms with Crippen LogP contribution in [0.3, 0.4) is 0 Å². The highest BCUT2D eigenvalue weighted by molar-refractivity contribution is 5.85. The van der Waals surface area contributed by atoms with Crippen molar-refractivity contribution in [2.45, 2.75) is 24.7 Å². The third-order valence-corrected chi connectivity index (χ3v) is 2.97. The molecule has 128 valence electrons. The van der Waals surface area contributed by atoms with Crippen LogP contribution in [0.25, 0.3) is 0 Å². The summed E-state index contributed by atoms with van der Waals surface area (Å²) in [7, 11) is 4.14. The first kappa shape index (κ1) is 20.6. The standard InChI is InChI=1S/C13H18F3NO4.ClH/c1-19-9-4-7(5-10(20-2)12(9)21-3)8(18)6-11(17)13(14,15)16;/h4-5,8,11,18H,6,17H2,1-3H3;1H/t8-,11+;/m0./s1. The maximum Gasteiger partial charge on any atom is 0.403 e. The molecule has 1 aromatic rings. The number of rotatable bonds is 6. The van der Waals surface area contributed by atoms with E-state index in [-0.39, 0.29) is 35.2 Å². The molecule has 0 aliphatic heterocycles. The molecular weight excluding hydrogens is 327 g/mol. The number of benzene rings is 1. The lowest BCUT2D eigenvalue weighted by Gasteiger charge is -2.21. The summed E-state index contributed by atoms with van der Waals surface area (Å²) in [6, 6.07) is 0.649. The molecule has 0 saturated heterocycles. The molecule has 0 bridgehead atoms. The highest BCUT2D eigenvalue weighted by Crippen LogP contribution is 2.40. The van der Waals surface area contributed by atoms with E-state index in [1.807, 2.05) is 0 Å². The van der Waals surface area contributed by atoms with Crippen LogP contribution in [0.15, 0.2) is 12.1 Å². The molecule has 0 aromatic heterocycles. The number of methoxy groups -OCH3 is 3. The van der Waals surface area contributed by atoms with E-state index >= 15 is 0 Å². The molecule has 1 aromatic carbocycles. The van der Waals surface area contributed by atoms with Crippen molar-refractivity contribution in [2.75, 3.05) is 21.3 Å². The van der Waals surface area contributed by atoms with Crippen LogP contribution >= 0.6 is 12.4 Å². The number of alkyl halides is 3. The Kier molecular flexibility index (Phi) is 7.78. The highest BCUT2D eigenvalue weighted by atomic mass is 35.5. The summed E-state index contributed by atoms with van der Waals surface area (Å²) in [6.45, 7) is 0. The van der Waals surface area contributed by atoms with Gasteiger partial charge < -0.3 is 25.1 Å². The molecule has 0 heterocycles. The molecule has 0 radical (unpaired) electrons. The molecule has 9 heteroatoms. The Bertz CT molecular complexity index is 460. The fourth-order valence-electron chi connectivity index (χ4n) is 1.80. The van der Waals surface area contributed by atoms with Gasteiger partial charge in [-0.3, -0.25) is 0 Å². The van der Waals surface area contributed by atoms with Gasteiger partial charge in [-0.05, 0) is 17.7 Å². The highest BCUT2D eigenvalue weighted by Gasteiger charge is 2.38. The van der Waals surface area contributed by atoms with Crippen molar-refractivity contribution in [1.82, 2.24) is 0 Å². The Balaban J connectivity index is 0.00000441. The normalized spacial score (nSPS) is 13.8. The molecule has 5 nitrogen and oxygen atoms in total. The molecule has 1 rings (SSSR count).